The third kappa shape index (κ3) is 5.00. The fraction of sp³-hybridized carbons (Fsp3) is 0.500. The standard InChI is InChI=1S/C14H22N2O/c1-3-16(4-2)12-8-11-15-14(17)13-9-6-5-7-10-13/h5-7,9-10H,3-4,8,11-12H2,1-2H3,(H,15,17). The van der Waals surface area contributed by atoms with Crippen LogP contribution in [0.15, 0.2) is 30.3 Å². The minimum Gasteiger partial charge on any atom is -0.352 e. The van der Waals surface area contributed by atoms with Crippen molar-refractivity contribution in [3.05, 3.63) is 35.9 Å². The van der Waals surface area contributed by atoms with E-state index in [1.807, 2.05) is 30.3 Å². The number of rotatable bonds is 7. The van der Waals surface area contributed by atoms with Crippen molar-refractivity contribution in [3.8, 4) is 0 Å². The Kier molecular flexibility index (Phi) is 6.33. The van der Waals surface area contributed by atoms with Gasteiger partial charge in [0.25, 0.3) is 5.91 Å². The molecule has 0 spiro atoms. The summed E-state index contributed by atoms with van der Waals surface area (Å²) < 4.78 is 0. The molecular formula is C14H22N2O. The van der Waals surface area contributed by atoms with Crippen molar-refractivity contribution in [2.75, 3.05) is 26.2 Å². The lowest BCUT2D eigenvalue weighted by Gasteiger charge is -2.17. The topological polar surface area (TPSA) is 32.3 Å². The van der Waals surface area contributed by atoms with Crippen molar-refractivity contribution < 1.29 is 4.79 Å². The highest BCUT2D eigenvalue weighted by Gasteiger charge is 2.03. The molecule has 0 aliphatic carbocycles. The molecule has 1 aromatic carbocycles. The summed E-state index contributed by atoms with van der Waals surface area (Å²) in [6.45, 7) is 8.25. The van der Waals surface area contributed by atoms with Crippen LogP contribution in [0.1, 0.15) is 30.6 Å². The summed E-state index contributed by atoms with van der Waals surface area (Å²) in [5, 5.41) is 2.94. The summed E-state index contributed by atoms with van der Waals surface area (Å²) in [7, 11) is 0. The maximum atomic E-state index is 11.7. The smallest absolute Gasteiger partial charge is 0.251 e. The first-order valence-corrected chi connectivity index (χ1v) is 6.33. The fourth-order valence-electron chi connectivity index (χ4n) is 1.74. The number of amides is 1. The van der Waals surface area contributed by atoms with Crippen molar-refractivity contribution in [1.82, 2.24) is 10.2 Å². The SMILES string of the molecule is CCN(CC)CCCNC(=O)c1ccccc1. The molecule has 0 radical (unpaired) electrons. The second kappa shape index (κ2) is 7.85. The molecular weight excluding hydrogens is 212 g/mol. The third-order valence-electron chi connectivity index (χ3n) is 2.87. The molecule has 0 heterocycles. The van der Waals surface area contributed by atoms with E-state index < -0.39 is 0 Å². The molecule has 0 aliphatic heterocycles. The molecule has 0 saturated carbocycles. The summed E-state index contributed by atoms with van der Waals surface area (Å²) >= 11 is 0. The van der Waals surface area contributed by atoms with Gasteiger partial charge in [-0.3, -0.25) is 4.79 Å². The van der Waals surface area contributed by atoms with Gasteiger partial charge in [0.05, 0.1) is 0 Å². The average Bonchev–Trinajstić information content (AvgIpc) is 2.40. The van der Waals surface area contributed by atoms with E-state index in [2.05, 4.69) is 24.1 Å². The van der Waals surface area contributed by atoms with Crippen LogP contribution in [0.25, 0.3) is 0 Å². The lowest BCUT2D eigenvalue weighted by atomic mass is 10.2. The number of benzene rings is 1. The van der Waals surface area contributed by atoms with E-state index in [0.717, 1.165) is 38.2 Å². The first-order chi connectivity index (χ1) is 8.27. The van der Waals surface area contributed by atoms with Gasteiger partial charge in [-0.15, -0.1) is 0 Å². The van der Waals surface area contributed by atoms with E-state index in [0.29, 0.717) is 0 Å². The minimum atomic E-state index is 0.0187. The van der Waals surface area contributed by atoms with Gasteiger partial charge in [0.1, 0.15) is 0 Å². The Balaban J connectivity index is 2.21. The Morgan fingerprint density at radius 3 is 2.41 bits per heavy atom. The molecule has 0 atom stereocenters. The Bertz CT molecular complexity index is 320. The maximum Gasteiger partial charge on any atom is 0.251 e. The molecule has 1 rings (SSSR count). The Morgan fingerprint density at radius 2 is 1.82 bits per heavy atom. The van der Waals surface area contributed by atoms with Crippen molar-refractivity contribution in [1.29, 1.82) is 0 Å². The van der Waals surface area contributed by atoms with E-state index in [1.165, 1.54) is 0 Å². The van der Waals surface area contributed by atoms with E-state index in [9.17, 15) is 4.79 Å². The molecule has 0 aliphatic rings. The number of carbonyl (C=O) groups excluding carboxylic acids is 1. The first-order valence-electron chi connectivity index (χ1n) is 6.33. The molecule has 0 bridgehead atoms. The highest BCUT2D eigenvalue weighted by atomic mass is 16.1. The van der Waals surface area contributed by atoms with Gasteiger partial charge in [-0.05, 0) is 38.2 Å². The number of carbonyl (C=O) groups is 1. The molecule has 1 N–H and O–H groups in total. The van der Waals surface area contributed by atoms with Crippen LogP contribution in [0.5, 0.6) is 0 Å². The van der Waals surface area contributed by atoms with Gasteiger partial charge in [0, 0.05) is 12.1 Å². The highest BCUT2D eigenvalue weighted by Crippen LogP contribution is 1.97. The molecule has 0 unspecified atom stereocenters. The number of nitrogens with one attached hydrogen (secondary N) is 1. The van der Waals surface area contributed by atoms with Gasteiger partial charge in [-0.2, -0.15) is 0 Å². The van der Waals surface area contributed by atoms with Crippen molar-refractivity contribution in [2.24, 2.45) is 0 Å². The largest absolute Gasteiger partial charge is 0.352 e. The lowest BCUT2D eigenvalue weighted by Crippen LogP contribution is -2.29. The van der Waals surface area contributed by atoms with Crippen LogP contribution in [-0.2, 0) is 0 Å². The molecule has 3 heteroatoms. The molecule has 3 nitrogen and oxygen atoms in total. The zero-order valence-corrected chi connectivity index (χ0v) is 10.8. The molecule has 17 heavy (non-hydrogen) atoms. The van der Waals surface area contributed by atoms with Crippen LogP contribution >= 0.6 is 0 Å². The predicted molar refractivity (Wildman–Crippen MR) is 71.2 cm³/mol. The van der Waals surface area contributed by atoms with Crippen LogP contribution < -0.4 is 5.32 Å². The maximum absolute atomic E-state index is 11.7. The first kappa shape index (κ1) is 13.7. The predicted octanol–water partition coefficient (Wildman–Crippen LogP) is 2.15. The van der Waals surface area contributed by atoms with Gasteiger partial charge in [-0.1, -0.05) is 32.0 Å². The zero-order chi connectivity index (χ0) is 12.5. The summed E-state index contributed by atoms with van der Waals surface area (Å²) in [5.74, 6) is 0.0187. The lowest BCUT2D eigenvalue weighted by molar-refractivity contribution is 0.0952. The second-order valence-corrected chi connectivity index (χ2v) is 4.00. The molecule has 1 aromatic rings. The molecule has 94 valence electrons. The average molecular weight is 234 g/mol. The number of nitrogens with zero attached hydrogens (tertiary/aromatic N) is 1. The number of hydrogen-bond acceptors (Lipinski definition) is 2. The molecule has 0 aromatic heterocycles. The monoisotopic (exact) mass is 234 g/mol. The van der Waals surface area contributed by atoms with Crippen LogP contribution in [0.3, 0.4) is 0 Å². The van der Waals surface area contributed by atoms with E-state index in [4.69, 9.17) is 0 Å². The van der Waals surface area contributed by atoms with Crippen LogP contribution in [0.2, 0.25) is 0 Å². The summed E-state index contributed by atoms with van der Waals surface area (Å²) in [6, 6.07) is 9.34. The van der Waals surface area contributed by atoms with Gasteiger partial charge in [0.2, 0.25) is 0 Å². The van der Waals surface area contributed by atoms with E-state index >= 15 is 0 Å². The quantitative estimate of drug-likeness (QED) is 0.733. The highest BCUT2D eigenvalue weighted by molar-refractivity contribution is 5.94. The zero-order valence-electron chi connectivity index (χ0n) is 10.8. The van der Waals surface area contributed by atoms with Crippen LogP contribution in [0.4, 0.5) is 0 Å². The van der Waals surface area contributed by atoms with Gasteiger partial charge >= 0.3 is 0 Å². The van der Waals surface area contributed by atoms with Crippen LogP contribution in [-0.4, -0.2) is 37.0 Å². The number of hydrogen-bond donors (Lipinski definition) is 1. The van der Waals surface area contributed by atoms with E-state index in [-0.39, 0.29) is 5.91 Å². The Hall–Kier alpha value is -1.35. The summed E-state index contributed by atoms with van der Waals surface area (Å²) in [4.78, 5) is 14.1. The Labute approximate surface area is 104 Å². The summed E-state index contributed by atoms with van der Waals surface area (Å²) in [5.41, 5.74) is 0.732. The molecule has 1 amide bonds. The molecule has 0 saturated heterocycles. The van der Waals surface area contributed by atoms with Gasteiger partial charge in [-0.25, -0.2) is 0 Å². The van der Waals surface area contributed by atoms with Crippen molar-refractivity contribution in [3.63, 3.8) is 0 Å². The fourth-order valence-corrected chi connectivity index (χ4v) is 1.74. The molecule has 0 fully saturated rings. The minimum absolute atomic E-state index is 0.0187. The van der Waals surface area contributed by atoms with Gasteiger partial charge < -0.3 is 10.2 Å². The second-order valence-electron chi connectivity index (χ2n) is 4.00. The summed E-state index contributed by atoms with van der Waals surface area (Å²) in [6.07, 6.45) is 1.00. The van der Waals surface area contributed by atoms with Crippen LogP contribution in [0, 0.1) is 0 Å². The van der Waals surface area contributed by atoms with E-state index in [1.54, 1.807) is 0 Å². The van der Waals surface area contributed by atoms with Crippen molar-refractivity contribution >= 4 is 5.91 Å². The third-order valence-corrected chi connectivity index (χ3v) is 2.87. The normalized spacial score (nSPS) is 10.5. The Morgan fingerprint density at radius 1 is 1.18 bits per heavy atom. The van der Waals surface area contributed by atoms with Crippen molar-refractivity contribution in [2.45, 2.75) is 20.3 Å². The van der Waals surface area contributed by atoms with Gasteiger partial charge in [0.15, 0.2) is 0 Å².